The van der Waals surface area contributed by atoms with Gasteiger partial charge in [0.1, 0.15) is 18.9 Å². The normalized spacial score (nSPS) is 15.0. The van der Waals surface area contributed by atoms with Crippen LogP contribution in [-0.4, -0.2) is 58.5 Å². The summed E-state index contributed by atoms with van der Waals surface area (Å²) < 4.78 is 21.7. The lowest BCUT2D eigenvalue weighted by Gasteiger charge is -2.23. The summed E-state index contributed by atoms with van der Waals surface area (Å²) in [5.41, 5.74) is 0.439. The fourth-order valence-corrected chi connectivity index (χ4v) is 3.74. The number of benzene rings is 1. The Balaban J connectivity index is 1.59. The zero-order valence-electron chi connectivity index (χ0n) is 16.9. The molecule has 1 aromatic carbocycles. The van der Waals surface area contributed by atoms with Gasteiger partial charge in [0.2, 0.25) is 5.95 Å². The molecule has 1 saturated heterocycles. The van der Waals surface area contributed by atoms with Gasteiger partial charge in [0.25, 0.3) is 5.56 Å². The number of imidazole rings is 1. The molecule has 3 heterocycles. The van der Waals surface area contributed by atoms with Crippen LogP contribution in [0.2, 0.25) is 0 Å². The van der Waals surface area contributed by atoms with Crippen LogP contribution in [0.3, 0.4) is 0 Å². The Morgan fingerprint density at radius 3 is 2.70 bits per heavy atom. The summed E-state index contributed by atoms with van der Waals surface area (Å²) in [7, 11) is 1.57. The molecule has 2 aromatic heterocycles. The maximum atomic E-state index is 13.3. The quantitative estimate of drug-likeness (QED) is 0.443. The van der Waals surface area contributed by atoms with E-state index in [1.165, 1.54) is 21.6 Å². The minimum atomic E-state index is -0.513. The van der Waals surface area contributed by atoms with Gasteiger partial charge < -0.3 is 15.0 Å². The average Bonchev–Trinajstić information content (AvgIpc) is 3.11. The first-order chi connectivity index (χ1) is 14.5. The number of nitrogens with one attached hydrogen (secondary N) is 3. The van der Waals surface area contributed by atoms with Crippen molar-refractivity contribution >= 4 is 17.1 Å². The van der Waals surface area contributed by atoms with Crippen LogP contribution in [0.25, 0.3) is 11.2 Å². The molecule has 10 heteroatoms. The Labute approximate surface area is 172 Å². The number of aromatic nitrogens is 4. The highest BCUT2D eigenvalue weighted by atomic mass is 19.1. The summed E-state index contributed by atoms with van der Waals surface area (Å²) in [6, 6.07) is 6.10. The Morgan fingerprint density at radius 1 is 1.23 bits per heavy atom. The summed E-state index contributed by atoms with van der Waals surface area (Å²) in [5.74, 6) is 0.191. The number of H-pyrrole nitrogens is 1. The topological polar surface area (TPSA) is 98.4 Å². The number of ether oxygens (including phenoxy) is 1. The predicted molar refractivity (Wildman–Crippen MR) is 111 cm³/mol. The van der Waals surface area contributed by atoms with E-state index in [0.717, 1.165) is 44.8 Å². The number of fused-ring (bicyclic) bond motifs is 1. The van der Waals surface area contributed by atoms with Gasteiger partial charge in [-0.05, 0) is 17.7 Å². The number of aryl methyl sites for hydroxylation is 1. The maximum absolute atomic E-state index is 13.3. The monoisotopic (exact) mass is 417 g/mol. The van der Waals surface area contributed by atoms with Crippen LogP contribution in [0, 0.1) is 5.82 Å². The van der Waals surface area contributed by atoms with Crippen molar-refractivity contribution in [2.75, 3.05) is 44.7 Å². The van der Waals surface area contributed by atoms with Gasteiger partial charge in [0.15, 0.2) is 11.2 Å². The van der Waals surface area contributed by atoms with Gasteiger partial charge in [0, 0.05) is 20.0 Å². The molecule has 0 amide bonds. The van der Waals surface area contributed by atoms with Gasteiger partial charge in [0.05, 0.1) is 26.3 Å². The first kappa shape index (κ1) is 20.3. The zero-order chi connectivity index (χ0) is 21.1. The number of quaternary nitrogens is 1. The second-order valence-corrected chi connectivity index (χ2v) is 7.53. The molecule has 0 spiro atoms. The van der Waals surface area contributed by atoms with E-state index in [1.807, 2.05) is 0 Å². The van der Waals surface area contributed by atoms with Crippen LogP contribution >= 0.6 is 0 Å². The van der Waals surface area contributed by atoms with Gasteiger partial charge in [-0.15, -0.1) is 0 Å². The van der Waals surface area contributed by atoms with Crippen LogP contribution in [0.4, 0.5) is 10.3 Å². The van der Waals surface area contributed by atoms with E-state index >= 15 is 0 Å². The van der Waals surface area contributed by atoms with E-state index in [-0.39, 0.29) is 5.82 Å². The number of hydrogen-bond donors (Lipinski definition) is 3. The first-order valence-electron chi connectivity index (χ1n) is 10.1. The Morgan fingerprint density at radius 2 is 1.97 bits per heavy atom. The van der Waals surface area contributed by atoms with Crippen molar-refractivity contribution in [3.63, 3.8) is 0 Å². The number of nitrogens with zero attached hydrogens (tertiary/aromatic N) is 3. The van der Waals surface area contributed by atoms with Crippen molar-refractivity contribution < 1.29 is 14.0 Å². The summed E-state index contributed by atoms with van der Waals surface area (Å²) in [6.45, 7) is 5.66. The van der Waals surface area contributed by atoms with Crippen molar-refractivity contribution in [2.45, 2.75) is 13.0 Å². The lowest BCUT2D eigenvalue weighted by molar-refractivity contribution is -0.908. The fraction of sp³-hybridized carbons (Fsp3) is 0.450. The van der Waals surface area contributed by atoms with Crippen molar-refractivity contribution in [3.05, 3.63) is 56.5 Å². The smallest absolute Gasteiger partial charge is 0.329 e. The van der Waals surface area contributed by atoms with E-state index in [1.54, 1.807) is 23.7 Å². The van der Waals surface area contributed by atoms with E-state index in [0.29, 0.717) is 30.2 Å². The minimum Gasteiger partial charge on any atom is -0.370 e. The number of anilines is 1. The van der Waals surface area contributed by atoms with Crippen LogP contribution in [0.5, 0.6) is 0 Å². The molecule has 0 radical (unpaired) electrons. The molecule has 0 aliphatic carbocycles. The van der Waals surface area contributed by atoms with Gasteiger partial charge in [-0.2, -0.15) is 4.98 Å². The molecular formula is C20H26FN6O3+. The zero-order valence-corrected chi connectivity index (χ0v) is 16.9. The lowest BCUT2D eigenvalue weighted by atomic mass is 10.2. The highest BCUT2D eigenvalue weighted by Crippen LogP contribution is 2.18. The number of rotatable bonds is 7. The summed E-state index contributed by atoms with van der Waals surface area (Å²) in [6.07, 6.45) is 0.935. The molecule has 160 valence electrons. The van der Waals surface area contributed by atoms with E-state index < -0.39 is 11.2 Å². The summed E-state index contributed by atoms with van der Waals surface area (Å²) >= 11 is 0. The van der Waals surface area contributed by atoms with Crippen LogP contribution in [-0.2, 0) is 18.3 Å². The van der Waals surface area contributed by atoms with E-state index in [9.17, 15) is 14.0 Å². The lowest BCUT2D eigenvalue weighted by Crippen LogP contribution is -3.14. The molecule has 0 unspecified atom stereocenters. The Kier molecular flexibility index (Phi) is 5.96. The van der Waals surface area contributed by atoms with Crippen LogP contribution in [0.1, 0.15) is 12.0 Å². The average molecular weight is 417 g/mol. The van der Waals surface area contributed by atoms with Gasteiger partial charge >= 0.3 is 5.69 Å². The second kappa shape index (κ2) is 8.80. The molecule has 9 nitrogen and oxygen atoms in total. The predicted octanol–water partition coefficient (Wildman–Crippen LogP) is -0.672. The number of hydrogen-bond acceptors (Lipinski definition) is 5. The largest absolute Gasteiger partial charge is 0.370 e. The minimum absolute atomic E-state index is 0.308. The summed E-state index contributed by atoms with van der Waals surface area (Å²) in [5, 5.41) is 3.31. The fourth-order valence-electron chi connectivity index (χ4n) is 3.74. The number of morpholine rings is 1. The van der Waals surface area contributed by atoms with Crippen molar-refractivity contribution in [1.29, 1.82) is 0 Å². The van der Waals surface area contributed by atoms with Crippen molar-refractivity contribution in [2.24, 2.45) is 7.05 Å². The third-order valence-corrected chi connectivity index (χ3v) is 5.45. The van der Waals surface area contributed by atoms with Crippen LogP contribution in [0.15, 0.2) is 33.9 Å². The molecule has 1 fully saturated rings. The van der Waals surface area contributed by atoms with E-state index in [4.69, 9.17) is 4.74 Å². The second-order valence-electron chi connectivity index (χ2n) is 7.53. The summed E-state index contributed by atoms with van der Waals surface area (Å²) in [4.78, 5) is 32.9. The highest BCUT2D eigenvalue weighted by Gasteiger charge is 2.18. The molecule has 0 saturated carbocycles. The van der Waals surface area contributed by atoms with E-state index in [2.05, 4.69) is 15.3 Å². The standard InChI is InChI=1S/C20H25FN6O3/c1-25-17-16(18(28)24-20(25)29)27(13-14-3-5-15(21)6-4-14)19(23-17)22-7-2-8-26-9-11-30-12-10-26/h3-6H,2,7-13H2,1H3,(H,22,23)(H,24,28,29)/p+1. The van der Waals surface area contributed by atoms with Crippen molar-refractivity contribution in [3.8, 4) is 0 Å². The third-order valence-electron chi connectivity index (χ3n) is 5.45. The van der Waals surface area contributed by atoms with Crippen LogP contribution < -0.4 is 21.5 Å². The molecular weight excluding hydrogens is 391 g/mol. The molecule has 0 bridgehead atoms. The van der Waals surface area contributed by atoms with Gasteiger partial charge in [-0.25, -0.2) is 9.18 Å². The third kappa shape index (κ3) is 4.29. The van der Waals surface area contributed by atoms with Crippen molar-refractivity contribution in [1.82, 2.24) is 19.1 Å². The van der Waals surface area contributed by atoms with Gasteiger partial charge in [-0.3, -0.25) is 18.9 Å². The molecule has 1 aliphatic heterocycles. The maximum Gasteiger partial charge on any atom is 0.329 e. The molecule has 4 rings (SSSR count). The molecule has 30 heavy (non-hydrogen) atoms. The molecule has 0 atom stereocenters. The first-order valence-corrected chi connectivity index (χ1v) is 10.1. The Hall–Kier alpha value is -2.98. The molecule has 3 aromatic rings. The number of halogens is 1. The Bertz CT molecular complexity index is 1130. The number of aromatic amines is 1. The van der Waals surface area contributed by atoms with Gasteiger partial charge in [-0.1, -0.05) is 12.1 Å². The SMILES string of the molecule is Cn1c(=O)[nH]c(=O)c2c1nc(NCCC[NH+]1CCOCC1)n2Cc1ccc(F)cc1. The highest BCUT2D eigenvalue weighted by molar-refractivity contribution is 5.74. The molecule has 3 N–H and O–H groups in total. The molecule has 1 aliphatic rings.